The molecule has 0 aliphatic carbocycles. The minimum absolute atomic E-state index is 0.0887. The third-order valence-electron chi connectivity index (χ3n) is 4.61. The van der Waals surface area contributed by atoms with E-state index in [1.165, 1.54) is 12.5 Å². The quantitative estimate of drug-likeness (QED) is 0.738. The molecule has 2 heterocycles. The van der Waals surface area contributed by atoms with Crippen LogP contribution in [0.15, 0.2) is 48.7 Å². The lowest BCUT2D eigenvalue weighted by molar-refractivity contribution is -0.119. The Bertz CT molecular complexity index is 997. The predicted octanol–water partition coefficient (Wildman–Crippen LogP) is 4.15. The van der Waals surface area contributed by atoms with Crippen LogP contribution in [-0.2, 0) is 17.8 Å². The Balaban J connectivity index is 1.61. The summed E-state index contributed by atoms with van der Waals surface area (Å²) in [7, 11) is 0. The van der Waals surface area contributed by atoms with Gasteiger partial charge in [0.2, 0.25) is 5.91 Å². The van der Waals surface area contributed by atoms with Gasteiger partial charge in [-0.1, -0.05) is 11.6 Å². The van der Waals surface area contributed by atoms with Gasteiger partial charge in [-0.3, -0.25) is 4.79 Å². The van der Waals surface area contributed by atoms with Crippen LogP contribution in [0.25, 0.3) is 16.9 Å². The molecule has 1 amide bonds. The second-order valence-electron chi connectivity index (χ2n) is 6.61. The van der Waals surface area contributed by atoms with Crippen molar-refractivity contribution in [3.05, 3.63) is 64.8 Å². The van der Waals surface area contributed by atoms with Crippen molar-refractivity contribution < 1.29 is 9.53 Å². The number of nitrogens with one attached hydrogen (secondary N) is 1. The lowest BCUT2D eigenvalue weighted by Crippen LogP contribution is -2.19. The number of aromatic nitrogens is 2. The Labute approximate surface area is 162 Å². The molecule has 0 saturated heterocycles. The third kappa shape index (κ3) is 3.83. The summed E-state index contributed by atoms with van der Waals surface area (Å²) in [6.07, 6.45) is 4.01. The van der Waals surface area contributed by atoms with E-state index in [9.17, 15) is 4.79 Å². The maximum atomic E-state index is 11.2. The van der Waals surface area contributed by atoms with Gasteiger partial charge in [-0.25, -0.2) is 4.68 Å². The molecule has 5 nitrogen and oxygen atoms in total. The van der Waals surface area contributed by atoms with E-state index < -0.39 is 0 Å². The molecule has 3 aromatic rings. The summed E-state index contributed by atoms with van der Waals surface area (Å²) in [5.74, 6) is 0.888. The van der Waals surface area contributed by atoms with Crippen molar-refractivity contribution in [3.63, 3.8) is 0 Å². The summed E-state index contributed by atoms with van der Waals surface area (Å²) in [4.78, 5) is 11.2. The average molecular weight is 382 g/mol. The van der Waals surface area contributed by atoms with E-state index in [1.54, 1.807) is 0 Å². The zero-order valence-electron chi connectivity index (χ0n) is 15.0. The lowest BCUT2D eigenvalue weighted by atomic mass is 10.0. The van der Waals surface area contributed by atoms with Crippen LogP contribution in [0.4, 0.5) is 0 Å². The van der Waals surface area contributed by atoms with Crippen molar-refractivity contribution in [2.24, 2.45) is 0 Å². The number of nitrogens with zero attached hydrogens (tertiary/aromatic N) is 2. The highest BCUT2D eigenvalue weighted by molar-refractivity contribution is 6.31. The fraction of sp³-hybridized carbons (Fsp3) is 0.238. The first-order valence-electron chi connectivity index (χ1n) is 8.95. The monoisotopic (exact) mass is 381 g/mol. The molecule has 0 spiro atoms. The van der Waals surface area contributed by atoms with Crippen LogP contribution < -0.4 is 10.1 Å². The highest BCUT2D eigenvalue weighted by Gasteiger charge is 2.13. The topological polar surface area (TPSA) is 56.2 Å². The Hall–Kier alpha value is -2.79. The molecule has 1 N–H and O–H groups in total. The number of carbonyl (C=O) groups is 1. The van der Waals surface area contributed by atoms with Crippen LogP contribution in [0.1, 0.15) is 24.5 Å². The number of halogens is 1. The summed E-state index contributed by atoms with van der Waals surface area (Å²) in [5.41, 5.74) is 4.96. The number of amides is 1. The smallest absolute Gasteiger partial charge is 0.217 e. The standard InChI is InChI=1S/C21H20ClN3O2/c1-14(26)23-13-17-12-18(5-6-19(17)22)25-9-8-20(24-25)15-4-7-21-16(11-15)3-2-10-27-21/h4-9,11-12H,2-3,10,13H2,1H3,(H,23,26). The highest BCUT2D eigenvalue weighted by atomic mass is 35.5. The molecule has 4 rings (SSSR count). The first kappa shape index (κ1) is 17.6. The summed E-state index contributed by atoms with van der Waals surface area (Å²) in [6.45, 7) is 2.67. The Morgan fingerprint density at radius 2 is 2.15 bits per heavy atom. The number of carbonyl (C=O) groups excluding carboxylic acids is 1. The van der Waals surface area contributed by atoms with Gasteiger partial charge in [0, 0.05) is 30.3 Å². The van der Waals surface area contributed by atoms with Crippen LogP contribution in [-0.4, -0.2) is 22.3 Å². The van der Waals surface area contributed by atoms with Crippen molar-refractivity contribution in [2.45, 2.75) is 26.3 Å². The van der Waals surface area contributed by atoms with Crippen molar-refractivity contribution >= 4 is 17.5 Å². The largest absolute Gasteiger partial charge is 0.493 e. The van der Waals surface area contributed by atoms with Crippen LogP contribution in [0.3, 0.4) is 0 Å². The summed E-state index contributed by atoms with van der Waals surface area (Å²) in [5, 5.41) is 8.11. The fourth-order valence-corrected chi connectivity index (χ4v) is 3.38. The minimum Gasteiger partial charge on any atom is -0.493 e. The molecule has 6 heteroatoms. The zero-order chi connectivity index (χ0) is 18.8. The number of hydrogen-bond donors (Lipinski definition) is 1. The van der Waals surface area contributed by atoms with E-state index in [4.69, 9.17) is 21.4 Å². The first-order chi connectivity index (χ1) is 13.1. The molecule has 0 radical (unpaired) electrons. The number of aryl methyl sites for hydroxylation is 1. The second kappa shape index (κ2) is 7.45. The normalized spacial score (nSPS) is 13.0. The van der Waals surface area contributed by atoms with Crippen LogP contribution in [0, 0.1) is 0 Å². The molecule has 138 valence electrons. The molecule has 0 atom stereocenters. The molecule has 0 unspecified atom stereocenters. The third-order valence-corrected chi connectivity index (χ3v) is 4.98. The van der Waals surface area contributed by atoms with E-state index in [2.05, 4.69) is 11.4 Å². The molecule has 0 fully saturated rings. The van der Waals surface area contributed by atoms with Crippen LogP contribution in [0.2, 0.25) is 5.02 Å². The first-order valence-corrected chi connectivity index (χ1v) is 9.33. The molecule has 0 saturated carbocycles. The van der Waals surface area contributed by atoms with Crippen molar-refractivity contribution in [2.75, 3.05) is 6.61 Å². The minimum atomic E-state index is -0.0887. The SMILES string of the molecule is CC(=O)NCc1cc(-n2ccc(-c3ccc4c(c3)CCCO4)n2)ccc1Cl. The fourth-order valence-electron chi connectivity index (χ4n) is 3.20. The van der Waals surface area contributed by atoms with E-state index in [-0.39, 0.29) is 5.91 Å². The van der Waals surface area contributed by atoms with Gasteiger partial charge in [0.25, 0.3) is 0 Å². The van der Waals surface area contributed by atoms with E-state index in [0.29, 0.717) is 11.6 Å². The Morgan fingerprint density at radius 1 is 1.26 bits per heavy atom. The molecular weight excluding hydrogens is 362 g/mol. The summed E-state index contributed by atoms with van der Waals surface area (Å²) in [6, 6.07) is 13.9. The molecule has 27 heavy (non-hydrogen) atoms. The van der Waals surface area contributed by atoms with Crippen molar-refractivity contribution in [1.82, 2.24) is 15.1 Å². The average Bonchev–Trinajstić information content (AvgIpc) is 3.17. The molecule has 0 bridgehead atoms. The Kier molecular flexibility index (Phi) is 4.86. The van der Waals surface area contributed by atoms with Gasteiger partial charge in [-0.05, 0) is 66.4 Å². The van der Waals surface area contributed by atoms with Gasteiger partial charge in [0.1, 0.15) is 5.75 Å². The van der Waals surface area contributed by atoms with Gasteiger partial charge in [-0.15, -0.1) is 0 Å². The van der Waals surface area contributed by atoms with Gasteiger partial charge >= 0.3 is 0 Å². The lowest BCUT2D eigenvalue weighted by Gasteiger charge is -2.17. The van der Waals surface area contributed by atoms with E-state index in [1.807, 2.05) is 47.3 Å². The molecule has 2 aromatic carbocycles. The molecule has 1 aliphatic rings. The predicted molar refractivity (Wildman–Crippen MR) is 105 cm³/mol. The zero-order valence-corrected chi connectivity index (χ0v) is 15.8. The Morgan fingerprint density at radius 3 is 3.00 bits per heavy atom. The number of ether oxygens (including phenoxy) is 1. The maximum Gasteiger partial charge on any atom is 0.217 e. The number of benzene rings is 2. The van der Waals surface area contributed by atoms with E-state index in [0.717, 1.165) is 47.7 Å². The van der Waals surface area contributed by atoms with Crippen molar-refractivity contribution in [3.8, 4) is 22.7 Å². The highest BCUT2D eigenvalue weighted by Crippen LogP contribution is 2.30. The van der Waals surface area contributed by atoms with Crippen LogP contribution >= 0.6 is 11.6 Å². The van der Waals surface area contributed by atoms with E-state index >= 15 is 0 Å². The van der Waals surface area contributed by atoms with Gasteiger partial charge in [-0.2, -0.15) is 5.10 Å². The molecule has 1 aliphatic heterocycles. The number of fused-ring (bicyclic) bond motifs is 1. The van der Waals surface area contributed by atoms with Gasteiger partial charge in [0.15, 0.2) is 0 Å². The molecular formula is C21H20ClN3O2. The van der Waals surface area contributed by atoms with Crippen molar-refractivity contribution in [1.29, 1.82) is 0 Å². The summed E-state index contributed by atoms with van der Waals surface area (Å²) < 4.78 is 7.50. The second-order valence-corrected chi connectivity index (χ2v) is 7.01. The number of rotatable bonds is 4. The maximum absolute atomic E-state index is 11.2. The molecule has 1 aromatic heterocycles. The summed E-state index contributed by atoms with van der Waals surface area (Å²) >= 11 is 6.24. The van der Waals surface area contributed by atoms with Gasteiger partial charge < -0.3 is 10.1 Å². The number of hydrogen-bond acceptors (Lipinski definition) is 3. The van der Waals surface area contributed by atoms with Crippen LogP contribution in [0.5, 0.6) is 5.75 Å². The van der Waals surface area contributed by atoms with Gasteiger partial charge in [0.05, 0.1) is 18.0 Å².